The number of carbonyl (C=O) groups is 1. The highest BCUT2D eigenvalue weighted by atomic mass is 32.2. The number of benzene rings is 2. The van der Waals surface area contributed by atoms with E-state index in [1.165, 1.54) is 20.1 Å². The summed E-state index contributed by atoms with van der Waals surface area (Å²) in [4.78, 5) is 13.7. The maximum atomic E-state index is 12.8. The number of aryl methyl sites for hydroxylation is 1. The number of ether oxygens (including phenoxy) is 2. The topological polar surface area (TPSA) is 84.9 Å². The Kier molecular flexibility index (Phi) is 5.90. The maximum absolute atomic E-state index is 12.8. The molecule has 0 radical (unpaired) electrons. The predicted octanol–water partition coefficient (Wildman–Crippen LogP) is 2.48. The Balaban J connectivity index is 1.81. The van der Waals surface area contributed by atoms with Gasteiger partial charge in [0.25, 0.3) is 0 Å². The molecule has 0 aliphatic carbocycles. The molecule has 0 atom stereocenters. The molecule has 0 unspecified atom stereocenters. The highest BCUT2D eigenvalue weighted by Gasteiger charge is 2.23. The summed E-state index contributed by atoms with van der Waals surface area (Å²) in [6.07, 6.45) is 1.56. The molecule has 2 aromatic carbocycles. The first kappa shape index (κ1) is 20.2. The van der Waals surface area contributed by atoms with E-state index in [0.29, 0.717) is 23.6 Å². The van der Waals surface area contributed by atoms with E-state index >= 15 is 0 Å². The number of amides is 1. The molecule has 1 N–H and O–H groups in total. The molecule has 1 amide bonds. The van der Waals surface area contributed by atoms with Crippen LogP contribution in [0.2, 0.25) is 0 Å². The van der Waals surface area contributed by atoms with E-state index in [2.05, 4.69) is 4.72 Å². The fourth-order valence-corrected chi connectivity index (χ4v) is 4.38. The summed E-state index contributed by atoms with van der Waals surface area (Å²) >= 11 is 0. The Hall–Kier alpha value is -2.58. The Morgan fingerprint density at radius 3 is 2.61 bits per heavy atom. The summed E-state index contributed by atoms with van der Waals surface area (Å²) in [6, 6.07) is 10.1. The zero-order chi connectivity index (χ0) is 20.3. The number of fused-ring (bicyclic) bond motifs is 1. The van der Waals surface area contributed by atoms with Crippen LogP contribution in [0.1, 0.15) is 24.5 Å². The molecular weight excluding hydrogens is 380 g/mol. The summed E-state index contributed by atoms with van der Waals surface area (Å²) in [7, 11) is -0.630. The lowest BCUT2D eigenvalue weighted by molar-refractivity contribution is -0.116. The Morgan fingerprint density at radius 1 is 1.14 bits per heavy atom. The van der Waals surface area contributed by atoms with Gasteiger partial charge in [0.2, 0.25) is 15.9 Å². The van der Waals surface area contributed by atoms with Crippen molar-refractivity contribution in [2.75, 3.05) is 25.7 Å². The van der Waals surface area contributed by atoms with Gasteiger partial charge >= 0.3 is 0 Å². The fraction of sp³-hybridized carbons (Fsp3) is 0.350. The molecule has 2 aromatic rings. The third-order valence-corrected chi connectivity index (χ3v) is 6.21. The van der Waals surface area contributed by atoms with Crippen molar-refractivity contribution >= 4 is 21.6 Å². The molecule has 0 spiro atoms. The number of sulfonamides is 1. The number of methoxy groups -OCH3 is 2. The minimum Gasteiger partial charge on any atom is -0.497 e. The van der Waals surface area contributed by atoms with Crippen LogP contribution < -0.4 is 19.1 Å². The van der Waals surface area contributed by atoms with Crippen LogP contribution in [0.3, 0.4) is 0 Å². The van der Waals surface area contributed by atoms with E-state index < -0.39 is 10.0 Å². The highest BCUT2D eigenvalue weighted by molar-refractivity contribution is 7.89. The molecule has 150 valence electrons. The Morgan fingerprint density at radius 2 is 1.93 bits per heavy atom. The first-order chi connectivity index (χ1) is 13.4. The van der Waals surface area contributed by atoms with E-state index in [1.54, 1.807) is 42.3 Å². The number of nitrogens with one attached hydrogen (secondary N) is 1. The van der Waals surface area contributed by atoms with Crippen molar-refractivity contribution in [3.8, 4) is 11.5 Å². The van der Waals surface area contributed by atoms with Crippen molar-refractivity contribution in [3.05, 3.63) is 47.5 Å². The molecule has 1 aliphatic rings. The molecule has 7 nitrogen and oxygen atoms in total. The van der Waals surface area contributed by atoms with Crippen molar-refractivity contribution in [3.63, 3.8) is 0 Å². The summed E-state index contributed by atoms with van der Waals surface area (Å²) in [5, 5.41) is 0. The minimum absolute atomic E-state index is 0.0405. The van der Waals surface area contributed by atoms with Gasteiger partial charge in [-0.3, -0.25) is 4.79 Å². The van der Waals surface area contributed by atoms with Gasteiger partial charge in [-0.1, -0.05) is 6.07 Å². The zero-order valence-corrected chi connectivity index (χ0v) is 17.0. The van der Waals surface area contributed by atoms with E-state index in [0.717, 1.165) is 24.1 Å². The molecular formula is C20H24N2O5S. The number of hydrogen-bond donors (Lipinski definition) is 1. The van der Waals surface area contributed by atoms with Gasteiger partial charge in [0.05, 0.1) is 19.1 Å². The van der Waals surface area contributed by atoms with Gasteiger partial charge in [-0.2, -0.15) is 0 Å². The largest absolute Gasteiger partial charge is 0.497 e. The normalized spacial score (nSPS) is 13.8. The lowest BCUT2D eigenvalue weighted by atomic mass is 10.0. The third-order valence-electron chi connectivity index (χ3n) is 4.81. The smallest absolute Gasteiger partial charge is 0.240 e. The van der Waals surface area contributed by atoms with Gasteiger partial charge in [0.15, 0.2) is 0 Å². The van der Waals surface area contributed by atoms with Crippen LogP contribution in [-0.2, 0) is 27.8 Å². The molecule has 3 rings (SSSR count). The van der Waals surface area contributed by atoms with Gasteiger partial charge < -0.3 is 14.4 Å². The summed E-state index contributed by atoms with van der Waals surface area (Å²) < 4.78 is 38.6. The molecule has 1 aliphatic heterocycles. The second-order valence-corrected chi connectivity index (χ2v) is 8.33. The standard InChI is InChI=1S/C20H24N2O5S/c1-14(23)22-10-4-5-15-11-18(8-9-19(15)22)28(24,25)21-13-16-6-7-17(26-2)12-20(16)27-3/h6-9,11-12,21H,4-5,10,13H2,1-3H3. The molecule has 8 heteroatoms. The highest BCUT2D eigenvalue weighted by Crippen LogP contribution is 2.30. The van der Waals surface area contributed by atoms with Crippen LogP contribution in [0.5, 0.6) is 11.5 Å². The molecule has 1 heterocycles. The van der Waals surface area contributed by atoms with Crippen LogP contribution >= 0.6 is 0 Å². The number of nitrogens with zero attached hydrogens (tertiary/aromatic N) is 1. The van der Waals surface area contributed by atoms with E-state index in [9.17, 15) is 13.2 Å². The average molecular weight is 404 g/mol. The van der Waals surface area contributed by atoms with Crippen molar-refractivity contribution < 1.29 is 22.7 Å². The SMILES string of the molecule is COc1ccc(CNS(=O)(=O)c2ccc3c(c2)CCCN3C(C)=O)c(OC)c1. The van der Waals surface area contributed by atoms with E-state index in [1.807, 2.05) is 0 Å². The van der Waals surface area contributed by atoms with E-state index in [-0.39, 0.29) is 17.3 Å². The van der Waals surface area contributed by atoms with Crippen molar-refractivity contribution in [2.45, 2.75) is 31.2 Å². The number of rotatable bonds is 6. The van der Waals surface area contributed by atoms with Gasteiger partial charge in [0, 0.05) is 37.3 Å². The summed E-state index contributed by atoms with van der Waals surface area (Å²) in [6.45, 7) is 2.26. The molecule has 28 heavy (non-hydrogen) atoms. The second-order valence-electron chi connectivity index (χ2n) is 6.57. The van der Waals surface area contributed by atoms with Crippen molar-refractivity contribution in [2.24, 2.45) is 0 Å². The lowest BCUT2D eigenvalue weighted by Gasteiger charge is -2.28. The van der Waals surface area contributed by atoms with Gasteiger partial charge in [-0.05, 0) is 42.7 Å². The average Bonchev–Trinajstić information content (AvgIpc) is 2.71. The summed E-state index contributed by atoms with van der Waals surface area (Å²) in [5.74, 6) is 1.14. The summed E-state index contributed by atoms with van der Waals surface area (Å²) in [5.41, 5.74) is 2.36. The Labute approximate surface area is 165 Å². The van der Waals surface area contributed by atoms with E-state index in [4.69, 9.17) is 9.47 Å². The van der Waals surface area contributed by atoms with Gasteiger partial charge in [-0.25, -0.2) is 13.1 Å². The van der Waals surface area contributed by atoms with Crippen LogP contribution in [0, 0.1) is 0 Å². The predicted molar refractivity (Wildman–Crippen MR) is 106 cm³/mol. The molecule has 0 bridgehead atoms. The molecule has 0 saturated heterocycles. The number of carbonyl (C=O) groups excluding carboxylic acids is 1. The van der Waals surface area contributed by atoms with Crippen LogP contribution in [0.25, 0.3) is 0 Å². The molecule has 0 aromatic heterocycles. The first-order valence-corrected chi connectivity index (χ1v) is 10.5. The van der Waals surface area contributed by atoms with Crippen molar-refractivity contribution in [1.82, 2.24) is 4.72 Å². The molecule has 0 fully saturated rings. The third kappa shape index (κ3) is 4.13. The quantitative estimate of drug-likeness (QED) is 0.800. The van der Waals surface area contributed by atoms with Crippen molar-refractivity contribution in [1.29, 1.82) is 0 Å². The zero-order valence-electron chi connectivity index (χ0n) is 16.2. The van der Waals surface area contributed by atoms with Crippen LogP contribution in [0.15, 0.2) is 41.3 Å². The number of hydrogen-bond acceptors (Lipinski definition) is 5. The monoisotopic (exact) mass is 404 g/mol. The first-order valence-electron chi connectivity index (χ1n) is 8.97. The second kappa shape index (κ2) is 8.20. The van der Waals surface area contributed by atoms with Crippen LogP contribution in [0.4, 0.5) is 5.69 Å². The minimum atomic E-state index is -3.71. The van der Waals surface area contributed by atoms with Crippen LogP contribution in [-0.4, -0.2) is 35.1 Å². The van der Waals surface area contributed by atoms with Gasteiger partial charge in [-0.15, -0.1) is 0 Å². The fourth-order valence-electron chi connectivity index (χ4n) is 3.32. The Bertz CT molecular complexity index is 988. The molecule has 0 saturated carbocycles. The maximum Gasteiger partial charge on any atom is 0.240 e. The number of anilines is 1. The van der Waals surface area contributed by atoms with Gasteiger partial charge in [0.1, 0.15) is 11.5 Å². The lowest BCUT2D eigenvalue weighted by Crippen LogP contribution is -2.33.